The maximum atomic E-state index is 12.5. The fourth-order valence-corrected chi connectivity index (χ4v) is 0.967. The van der Waals surface area contributed by atoms with Gasteiger partial charge in [-0.3, -0.25) is 0 Å². The SMILES string of the molecule is CC(C)(c1cc[c]cc1)C(F)(F)F. The van der Waals surface area contributed by atoms with Crippen molar-refractivity contribution in [2.24, 2.45) is 0 Å². The Bertz CT molecular complexity index is 272. The van der Waals surface area contributed by atoms with E-state index in [9.17, 15) is 13.2 Å². The van der Waals surface area contributed by atoms with Gasteiger partial charge in [0, 0.05) is 0 Å². The predicted molar refractivity (Wildman–Crippen MR) is 44.4 cm³/mol. The number of hydrogen-bond acceptors (Lipinski definition) is 0. The van der Waals surface area contributed by atoms with Gasteiger partial charge in [-0.1, -0.05) is 24.3 Å². The summed E-state index contributed by atoms with van der Waals surface area (Å²) < 4.78 is 37.5. The molecule has 0 unspecified atom stereocenters. The van der Waals surface area contributed by atoms with Gasteiger partial charge in [0.15, 0.2) is 0 Å². The van der Waals surface area contributed by atoms with Crippen molar-refractivity contribution in [3.63, 3.8) is 0 Å². The molecule has 1 aromatic carbocycles. The van der Waals surface area contributed by atoms with E-state index in [-0.39, 0.29) is 5.56 Å². The molecule has 0 heterocycles. The van der Waals surface area contributed by atoms with E-state index in [1.165, 1.54) is 38.1 Å². The predicted octanol–water partition coefficient (Wildman–Crippen LogP) is 3.33. The minimum Gasteiger partial charge on any atom is -0.170 e. The van der Waals surface area contributed by atoms with E-state index in [1.807, 2.05) is 0 Å². The fraction of sp³-hybridized carbons (Fsp3) is 0.400. The monoisotopic (exact) mass is 187 g/mol. The highest BCUT2D eigenvalue weighted by Crippen LogP contribution is 2.39. The zero-order valence-electron chi connectivity index (χ0n) is 7.44. The van der Waals surface area contributed by atoms with Crippen LogP contribution in [0.4, 0.5) is 13.2 Å². The first-order valence-corrected chi connectivity index (χ1v) is 3.89. The molecule has 1 rings (SSSR count). The zero-order chi connectivity index (χ0) is 10.1. The van der Waals surface area contributed by atoms with Crippen LogP contribution in [-0.4, -0.2) is 6.18 Å². The number of halogens is 3. The maximum absolute atomic E-state index is 12.5. The van der Waals surface area contributed by atoms with Gasteiger partial charge in [-0.25, -0.2) is 0 Å². The molecule has 0 aromatic heterocycles. The second-order valence-corrected chi connectivity index (χ2v) is 3.41. The van der Waals surface area contributed by atoms with Crippen molar-refractivity contribution in [2.45, 2.75) is 25.4 Å². The van der Waals surface area contributed by atoms with Crippen molar-refractivity contribution < 1.29 is 13.2 Å². The molecule has 0 N–H and O–H groups in total. The highest BCUT2D eigenvalue weighted by molar-refractivity contribution is 5.24. The highest BCUT2D eigenvalue weighted by atomic mass is 19.4. The summed E-state index contributed by atoms with van der Waals surface area (Å²) in [5, 5.41) is 0. The van der Waals surface area contributed by atoms with Crippen LogP contribution in [0.15, 0.2) is 24.3 Å². The third-order valence-corrected chi connectivity index (χ3v) is 2.15. The third kappa shape index (κ3) is 1.85. The molecule has 0 atom stereocenters. The zero-order valence-corrected chi connectivity index (χ0v) is 7.44. The van der Waals surface area contributed by atoms with Crippen molar-refractivity contribution in [1.82, 2.24) is 0 Å². The normalized spacial score (nSPS) is 13.0. The number of rotatable bonds is 1. The van der Waals surface area contributed by atoms with Crippen LogP contribution in [0.5, 0.6) is 0 Å². The molecular formula is C10H10F3. The fourth-order valence-electron chi connectivity index (χ4n) is 0.967. The smallest absolute Gasteiger partial charge is 0.170 e. The number of alkyl halides is 3. The molecule has 0 nitrogen and oxygen atoms in total. The Hall–Kier alpha value is -0.990. The molecule has 1 radical (unpaired) electrons. The summed E-state index contributed by atoms with van der Waals surface area (Å²) in [5.74, 6) is 0. The highest BCUT2D eigenvalue weighted by Gasteiger charge is 2.48. The van der Waals surface area contributed by atoms with E-state index in [1.54, 1.807) is 0 Å². The van der Waals surface area contributed by atoms with Crippen molar-refractivity contribution in [1.29, 1.82) is 0 Å². The van der Waals surface area contributed by atoms with E-state index in [0.29, 0.717) is 0 Å². The molecule has 0 saturated carbocycles. The van der Waals surface area contributed by atoms with E-state index < -0.39 is 11.6 Å². The lowest BCUT2D eigenvalue weighted by atomic mass is 9.84. The van der Waals surface area contributed by atoms with Crippen molar-refractivity contribution in [3.8, 4) is 0 Å². The minimum absolute atomic E-state index is 0.263. The second-order valence-electron chi connectivity index (χ2n) is 3.41. The summed E-state index contributed by atoms with van der Waals surface area (Å²) >= 11 is 0. The lowest BCUT2D eigenvalue weighted by Gasteiger charge is -2.27. The van der Waals surface area contributed by atoms with Crippen LogP contribution in [0.3, 0.4) is 0 Å². The quantitative estimate of drug-likeness (QED) is 0.632. The summed E-state index contributed by atoms with van der Waals surface area (Å²) in [7, 11) is 0. The molecule has 0 amide bonds. The van der Waals surface area contributed by atoms with Gasteiger partial charge in [0.1, 0.15) is 0 Å². The first kappa shape index (κ1) is 10.1. The molecule has 13 heavy (non-hydrogen) atoms. The summed E-state index contributed by atoms with van der Waals surface area (Å²) in [6.07, 6.45) is -4.21. The van der Waals surface area contributed by atoms with Crippen LogP contribution in [0.2, 0.25) is 0 Å². The van der Waals surface area contributed by atoms with Crippen LogP contribution in [0.25, 0.3) is 0 Å². The Labute approximate surface area is 75.4 Å². The van der Waals surface area contributed by atoms with Crippen molar-refractivity contribution in [2.75, 3.05) is 0 Å². The Balaban J connectivity index is 3.08. The van der Waals surface area contributed by atoms with Gasteiger partial charge in [0.2, 0.25) is 0 Å². The van der Waals surface area contributed by atoms with Crippen molar-refractivity contribution in [3.05, 3.63) is 35.9 Å². The Morgan fingerprint density at radius 2 is 1.54 bits per heavy atom. The van der Waals surface area contributed by atoms with Crippen LogP contribution >= 0.6 is 0 Å². The third-order valence-electron chi connectivity index (χ3n) is 2.15. The molecule has 71 valence electrons. The molecule has 0 saturated heterocycles. The Morgan fingerprint density at radius 3 is 1.92 bits per heavy atom. The lowest BCUT2D eigenvalue weighted by Crippen LogP contribution is -2.36. The number of benzene rings is 1. The molecule has 0 spiro atoms. The average Bonchev–Trinajstić information content (AvgIpc) is 2.04. The van der Waals surface area contributed by atoms with E-state index in [2.05, 4.69) is 6.07 Å². The van der Waals surface area contributed by atoms with Crippen LogP contribution in [0, 0.1) is 6.07 Å². The second kappa shape index (κ2) is 3.05. The lowest BCUT2D eigenvalue weighted by molar-refractivity contribution is -0.180. The van der Waals surface area contributed by atoms with Gasteiger partial charge >= 0.3 is 6.18 Å². The Morgan fingerprint density at radius 1 is 1.08 bits per heavy atom. The van der Waals surface area contributed by atoms with E-state index in [0.717, 1.165) is 0 Å². The minimum atomic E-state index is -4.21. The van der Waals surface area contributed by atoms with Gasteiger partial charge in [-0.15, -0.1) is 0 Å². The maximum Gasteiger partial charge on any atom is 0.397 e. The first-order chi connectivity index (χ1) is 5.86. The van der Waals surface area contributed by atoms with E-state index >= 15 is 0 Å². The Kier molecular flexibility index (Phi) is 2.37. The molecular weight excluding hydrogens is 177 g/mol. The molecule has 0 bridgehead atoms. The van der Waals surface area contributed by atoms with Gasteiger partial charge in [0.05, 0.1) is 5.41 Å². The summed E-state index contributed by atoms with van der Waals surface area (Å²) in [6.45, 7) is 2.34. The largest absolute Gasteiger partial charge is 0.397 e. The first-order valence-electron chi connectivity index (χ1n) is 3.89. The van der Waals surface area contributed by atoms with Gasteiger partial charge in [-0.05, 0) is 25.5 Å². The molecule has 0 aliphatic heterocycles. The molecule has 0 fully saturated rings. The van der Waals surface area contributed by atoms with Gasteiger partial charge < -0.3 is 0 Å². The molecule has 1 aromatic rings. The van der Waals surface area contributed by atoms with Crippen LogP contribution in [0.1, 0.15) is 19.4 Å². The summed E-state index contributed by atoms with van der Waals surface area (Å²) in [4.78, 5) is 0. The summed E-state index contributed by atoms with van der Waals surface area (Å²) in [6, 6.07) is 8.54. The average molecular weight is 187 g/mol. The molecule has 0 aliphatic carbocycles. The van der Waals surface area contributed by atoms with E-state index in [4.69, 9.17) is 0 Å². The van der Waals surface area contributed by atoms with Crippen LogP contribution < -0.4 is 0 Å². The van der Waals surface area contributed by atoms with Gasteiger partial charge in [0.25, 0.3) is 0 Å². The van der Waals surface area contributed by atoms with Gasteiger partial charge in [-0.2, -0.15) is 13.2 Å². The molecule has 0 aliphatic rings. The van der Waals surface area contributed by atoms with Crippen LogP contribution in [-0.2, 0) is 5.41 Å². The standard InChI is InChI=1S/C10H10F3/c1-9(2,10(11,12)13)8-6-4-3-5-7-8/h4-7H,1-2H3. The summed E-state index contributed by atoms with van der Waals surface area (Å²) in [5.41, 5.74) is -1.53. The van der Waals surface area contributed by atoms with Crippen molar-refractivity contribution >= 4 is 0 Å². The molecule has 3 heteroatoms. The number of hydrogen-bond donors (Lipinski definition) is 0. The topological polar surface area (TPSA) is 0 Å².